The van der Waals surface area contributed by atoms with Gasteiger partial charge in [-0.25, -0.2) is 0 Å². The van der Waals surface area contributed by atoms with Gasteiger partial charge in [0.15, 0.2) is 0 Å². The standard InChI is InChI=1S/C13H20BrNOS/c1-2-8-15-11(10-16)7-9-17-13-6-4-3-5-12(13)14/h3-6,11,15-16H,2,7-10H2,1H3. The molecule has 1 aromatic rings. The maximum absolute atomic E-state index is 9.22. The molecule has 2 nitrogen and oxygen atoms in total. The van der Waals surface area contributed by atoms with Crippen LogP contribution in [0.25, 0.3) is 0 Å². The second kappa shape index (κ2) is 8.97. The van der Waals surface area contributed by atoms with E-state index in [1.165, 1.54) is 4.90 Å². The fourth-order valence-electron chi connectivity index (χ4n) is 1.48. The number of benzene rings is 1. The van der Waals surface area contributed by atoms with Crippen molar-refractivity contribution in [2.24, 2.45) is 0 Å². The third kappa shape index (κ3) is 5.91. The van der Waals surface area contributed by atoms with Crippen LogP contribution in [0.4, 0.5) is 0 Å². The third-order valence-corrected chi connectivity index (χ3v) is 4.52. The summed E-state index contributed by atoms with van der Waals surface area (Å²) in [7, 11) is 0. The monoisotopic (exact) mass is 317 g/mol. The fourth-order valence-corrected chi connectivity index (χ4v) is 3.11. The molecule has 0 heterocycles. The number of hydrogen-bond acceptors (Lipinski definition) is 3. The minimum absolute atomic E-state index is 0.219. The molecule has 4 heteroatoms. The van der Waals surface area contributed by atoms with Gasteiger partial charge in [0, 0.05) is 15.4 Å². The molecule has 0 spiro atoms. The minimum atomic E-state index is 0.219. The summed E-state index contributed by atoms with van der Waals surface area (Å²) in [6.45, 7) is 3.33. The SMILES string of the molecule is CCCNC(CO)CCSc1ccccc1Br. The van der Waals surface area contributed by atoms with E-state index < -0.39 is 0 Å². The molecule has 1 unspecified atom stereocenters. The van der Waals surface area contributed by atoms with Crippen LogP contribution in [-0.4, -0.2) is 30.1 Å². The predicted octanol–water partition coefficient (Wildman–Crippen LogP) is 3.29. The maximum Gasteiger partial charge on any atom is 0.0584 e. The molecule has 0 radical (unpaired) electrons. The number of aliphatic hydroxyl groups is 1. The first-order chi connectivity index (χ1) is 8.27. The quantitative estimate of drug-likeness (QED) is 0.722. The molecule has 1 aromatic carbocycles. The molecule has 0 aliphatic heterocycles. The Labute approximate surface area is 116 Å². The summed E-state index contributed by atoms with van der Waals surface area (Å²) >= 11 is 5.36. The molecule has 0 saturated heterocycles. The van der Waals surface area contributed by atoms with Gasteiger partial charge in [0.05, 0.1) is 6.61 Å². The highest BCUT2D eigenvalue weighted by Gasteiger charge is 2.06. The van der Waals surface area contributed by atoms with Crippen molar-refractivity contribution in [1.82, 2.24) is 5.32 Å². The lowest BCUT2D eigenvalue weighted by atomic mass is 10.2. The summed E-state index contributed by atoms with van der Waals surface area (Å²) < 4.78 is 1.15. The van der Waals surface area contributed by atoms with E-state index in [0.717, 1.165) is 29.6 Å². The number of thioether (sulfide) groups is 1. The van der Waals surface area contributed by atoms with Crippen molar-refractivity contribution in [3.63, 3.8) is 0 Å². The highest BCUT2D eigenvalue weighted by atomic mass is 79.9. The number of nitrogens with one attached hydrogen (secondary N) is 1. The van der Waals surface area contributed by atoms with E-state index >= 15 is 0 Å². The van der Waals surface area contributed by atoms with E-state index in [-0.39, 0.29) is 12.6 Å². The normalized spacial score (nSPS) is 12.6. The van der Waals surface area contributed by atoms with Crippen molar-refractivity contribution in [3.05, 3.63) is 28.7 Å². The first-order valence-corrected chi connectivity index (χ1v) is 7.77. The summed E-state index contributed by atoms with van der Waals surface area (Å²) in [6, 6.07) is 8.47. The number of aliphatic hydroxyl groups excluding tert-OH is 1. The molecule has 96 valence electrons. The molecule has 0 bridgehead atoms. The highest BCUT2D eigenvalue weighted by molar-refractivity contribution is 9.10. The zero-order chi connectivity index (χ0) is 12.5. The molecule has 0 amide bonds. The Morgan fingerprint density at radius 2 is 2.18 bits per heavy atom. The summed E-state index contributed by atoms with van der Waals surface area (Å²) in [4.78, 5) is 1.26. The number of halogens is 1. The Morgan fingerprint density at radius 3 is 2.82 bits per heavy atom. The lowest BCUT2D eigenvalue weighted by Gasteiger charge is -2.15. The largest absolute Gasteiger partial charge is 0.395 e. The summed E-state index contributed by atoms with van der Waals surface area (Å²) in [5, 5.41) is 12.6. The molecule has 2 N–H and O–H groups in total. The zero-order valence-electron chi connectivity index (χ0n) is 10.2. The Balaban J connectivity index is 2.28. The Morgan fingerprint density at radius 1 is 1.41 bits per heavy atom. The molecule has 0 aliphatic rings. The molecule has 1 rings (SSSR count). The van der Waals surface area contributed by atoms with E-state index in [0.29, 0.717) is 0 Å². The first-order valence-electron chi connectivity index (χ1n) is 5.99. The third-order valence-electron chi connectivity index (χ3n) is 2.46. The van der Waals surface area contributed by atoms with Crippen LogP contribution in [0.5, 0.6) is 0 Å². The lowest BCUT2D eigenvalue weighted by Crippen LogP contribution is -2.33. The van der Waals surface area contributed by atoms with Crippen LogP contribution in [-0.2, 0) is 0 Å². The van der Waals surface area contributed by atoms with E-state index in [1.807, 2.05) is 23.9 Å². The smallest absolute Gasteiger partial charge is 0.0584 e. The minimum Gasteiger partial charge on any atom is -0.395 e. The first kappa shape index (κ1) is 15.0. The molecular weight excluding hydrogens is 298 g/mol. The van der Waals surface area contributed by atoms with Gasteiger partial charge >= 0.3 is 0 Å². The van der Waals surface area contributed by atoms with Crippen molar-refractivity contribution in [1.29, 1.82) is 0 Å². The van der Waals surface area contributed by atoms with Gasteiger partial charge in [-0.15, -0.1) is 11.8 Å². The van der Waals surface area contributed by atoms with Crippen LogP contribution >= 0.6 is 27.7 Å². The van der Waals surface area contributed by atoms with Crippen molar-refractivity contribution in [3.8, 4) is 0 Å². The number of rotatable bonds is 8. The van der Waals surface area contributed by atoms with Gasteiger partial charge in [-0.05, 0) is 53.2 Å². The van der Waals surface area contributed by atoms with Crippen LogP contribution in [0.1, 0.15) is 19.8 Å². The topological polar surface area (TPSA) is 32.3 Å². The molecule has 0 saturated carbocycles. The van der Waals surface area contributed by atoms with E-state index in [1.54, 1.807) is 0 Å². The van der Waals surface area contributed by atoms with Gasteiger partial charge in [0.2, 0.25) is 0 Å². The molecule has 0 fully saturated rings. The van der Waals surface area contributed by atoms with Crippen molar-refractivity contribution < 1.29 is 5.11 Å². The van der Waals surface area contributed by atoms with Gasteiger partial charge < -0.3 is 10.4 Å². The van der Waals surface area contributed by atoms with Gasteiger partial charge in [-0.3, -0.25) is 0 Å². The molecular formula is C13H20BrNOS. The Kier molecular flexibility index (Phi) is 7.93. The second-order valence-corrected chi connectivity index (χ2v) is 5.89. The second-order valence-electron chi connectivity index (χ2n) is 3.90. The molecule has 0 aliphatic carbocycles. The van der Waals surface area contributed by atoms with Crippen LogP contribution in [0.3, 0.4) is 0 Å². The zero-order valence-corrected chi connectivity index (χ0v) is 12.6. The predicted molar refractivity (Wildman–Crippen MR) is 78.7 cm³/mol. The molecule has 1 atom stereocenters. The Hall–Kier alpha value is -0.0300. The average molecular weight is 318 g/mol. The van der Waals surface area contributed by atoms with Gasteiger partial charge in [-0.2, -0.15) is 0 Å². The summed E-state index contributed by atoms with van der Waals surface area (Å²) in [5.41, 5.74) is 0. The number of hydrogen-bond donors (Lipinski definition) is 2. The van der Waals surface area contributed by atoms with Crippen LogP contribution in [0.2, 0.25) is 0 Å². The average Bonchev–Trinajstić information content (AvgIpc) is 2.35. The van der Waals surface area contributed by atoms with Crippen LogP contribution in [0.15, 0.2) is 33.6 Å². The van der Waals surface area contributed by atoms with Crippen molar-refractivity contribution >= 4 is 27.7 Å². The van der Waals surface area contributed by atoms with Crippen LogP contribution in [0, 0.1) is 0 Å². The van der Waals surface area contributed by atoms with Crippen molar-refractivity contribution in [2.45, 2.75) is 30.7 Å². The summed E-state index contributed by atoms with van der Waals surface area (Å²) in [5.74, 6) is 1.02. The Bertz CT molecular complexity index is 322. The highest BCUT2D eigenvalue weighted by Crippen LogP contribution is 2.27. The van der Waals surface area contributed by atoms with E-state index in [9.17, 15) is 5.11 Å². The van der Waals surface area contributed by atoms with Gasteiger partial charge in [0.1, 0.15) is 0 Å². The molecule has 0 aromatic heterocycles. The fraction of sp³-hybridized carbons (Fsp3) is 0.538. The van der Waals surface area contributed by atoms with Gasteiger partial charge in [0.25, 0.3) is 0 Å². The van der Waals surface area contributed by atoms with Crippen molar-refractivity contribution in [2.75, 3.05) is 18.9 Å². The van der Waals surface area contributed by atoms with E-state index in [4.69, 9.17) is 0 Å². The molecule has 17 heavy (non-hydrogen) atoms. The van der Waals surface area contributed by atoms with E-state index in [2.05, 4.69) is 40.3 Å². The maximum atomic E-state index is 9.22. The lowest BCUT2D eigenvalue weighted by molar-refractivity contribution is 0.240. The van der Waals surface area contributed by atoms with Gasteiger partial charge in [-0.1, -0.05) is 19.1 Å². The van der Waals surface area contributed by atoms with Crippen LogP contribution < -0.4 is 5.32 Å². The summed E-state index contributed by atoms with van der Waals surface area (Å²) in [6.07, 6.45) is 2.09.